The number of aliphatic hydroxyl groups is 1. The highest BCUT2D eigenvalue weighted by molar-refractivity contribution is 6.30. The van der Waals surface area contributed by atoms with Crippen LogP contribution in [0.1, 0.15) is 25.3 Å². The van der Waals surface area contributed by atoms with Gasteiger partial charge in [-0.1, -0.05) is 30.7 Å². The maximum atomic E-state index is 12.4. The fourth-order valence-corrected chi connectivity index (χ4v) is 2.94. The summed E-state index contributed by atoms with van der Waals surface area (Å²) in [6.07, 6.45) is 0.717. The Balaban J connectivity index is 1.93. The van der Waals surface area contributed by atoms with Gasteiger partial charge in [-0.05, 0) is 24.1 Å². The van der Waals surface area contributed by atoms with Crippen LogP contribution in [-0.2, 0) is 16.0 Å². The predicted molar refractivity (Wildman–Crippen MR) is 82.7 cm³/mol. The summed E-state index contributed by atoms with van der Waals surface area (Å²) in [6.45, 7) is 2.38. The third-order valence-electron chi connectivity index (χ3n) is 4.15. The monoisotopic (exact) mass is 325 g/mol. The zero-order chi connectivity index (χ0) is 16.3. The Morgan fingerprint density at radius 3 is 2.55 bits per heavy atom. The summed E-state index contributed by atoms with van der Waals surface area (Å²) in [5, 5.41) is 19.5. The number of amides is 1. The van der Waals surface area contributed by atoms with E-state index < -0.39 is 11.6 Å². The number of carbonyl (C=O) groups excluding carboxylic acids is 1. The van der Waals surface area contributed by atoms with E-state index in [1.54, 1.807) is 11.0 Å². The molecule has 0 spiro atoms. The average Bonchev–Trinajstić information content (AvgIpc) is 2.47. The fraction of sp³-hybridized carbons (Fsp3) is 0.500. The summed E-state index contributed by atoms with van der Waals surface area (Å²) < 4.78 is 0. The number of nitrogens with zero attached hydrogens (tertiary/aromatic N) is 1. The first-order valence-electron chi connectivity index (χ1n) is 7.31. The van der Waals surface area contributed by atoms with E-state index in [0.717, 1.165) is 5.56 Å². The number of hydrogen-bond acceptors (Lipinski definition) is 3. The van der Waals surface area contributed by atoms with E-state index in [1.165, 1.54) is 0 Å². The van der Waals surface area contributed by atoms with Crippen molar-refractivity contribution in [1.82, 2.24) is 4.90 Å². The van der Waals surface area contributed by atoms with Crippen molar-refractivity contribution in [3.63, 3.8) is 0 Å². The average molecular weight is 326 g/mol. The second-order valence-corrected chi connectivity index (χ2v) is 6.33. The van der Waals surface area contributed by atoms with Crippen LogP contribution in [0.2, 0.25) is 5.02 Å². The van der Waals surface area contributed by atoms with Crippen LogP contribution in [0.4, 0.5) is 0 Å². The van der Waals surface area contributed by atoms with Crippen LogP contribution >= 0.6 is 11.6 Å². The Kier molecular flexibility index (Phi) is 5.08. The Labute approximate surface area is 134 Å². The number of piperidine rings is 1. The van der Waals surface area contributed by atoms with Gasteiger partial charge in [-0.3, -0.25) is 4.79 Å². The van der Waals surface area contributed by atoms with Crippen molar-refractivity contribution in [2.24, 2.45) is 5.92 Å². The molecule has 1 aromatic carbocycles. The lowest BCUT2D eigenvalue weighted by Gasteiger charge is -2.36. The number of aliphatic carboxylic acids is 1. The number of hydrogen-bond donors (Lipinski definition) is 2. The first kappa shape index (κ1) is 16.8. The van der Waals surface area contributed by atoms with Crippen LogP contribution in [0, 0.1) is 5.92 Å². The molecular weight excluding hydrogens is 306 g/mol. The molecule has 22 heavy (non-hydrogen) atoms. The zero-order valence-corrected chi connectivity index (χ0v) is 13.2. The van der Waals surface area contributed by atoms with E-state index in [9.17, 15) is 14.7 Å². The SMILES string of the molecule is CC(Cc1cccc(Cl)c1)C(=O)N1CCC(O)(C(=O)O)CC1. The molecule has 0 radical (unpaired) electrons. The lowest BCUT2D eigenvalue weighted by atomic mass is 9.90. The maximum absolute atomic E-state index is 12.4. The maximum Gasteiger partial charge on any atom is 0.335 e. The van der Waals surface area contributed by atoms with Crippen molar-refractivity contribution < 1.29 is 19.8 Å². The summed E-state index contributed by atoms with van der Waals surface area (Å²) >= 11 is 5.94. The summed E-state index contributed by atoms with van der Waals surface area (Å²) in [5.74, 6) is -1.45. The summed E-state index contributed by atoms with van der Waals surface area (Å²) in [6, 6.07) is 7.40. The Morgan fingerprint density at radius 1 is 1.36 bits per heavy atom. The van der Waals surface area contributed by atoms with E-state index in [0.29, 0.717) is 11.4 Å². The Morgan fingerprint density at radius 2 is 2.00 bits per heavy atom. The number of carboxylic acid groups (broad SMARTS) is 1. The van der Waals surface area contributed by atoms with Crippen molar-refractivity contribution in [1.29, 1.82) is 0 Å². The van der Waals surface area contributed by atoms with E-state index in [4.69, 9.17) is 16.7 Å². The van der Waals surface area contributed by atoms with Crippen molar-refractivity contribution in [3.8, 4) is 0 Å². The minimum absolute atomic E-state index is 0.0209. The van der Waals surface area contributed by atoms with Crippen LogP contribution < -0.4 is 0 Å². The largest absolute Gasteiger partial charge is 0.479 e. The minimum Gasteiger partial charge on any atom is -0.479 e. The minimum atomic E-state index is -1.70. The lowest BCUT2D eigenvalue weighted by Crippen LogP contribution is -2.51. The highest BCUT2D eigenvalue weighted by Crippen LogP contribution is 2.24. The molecular formula is C16H20ClNO4. The van der Waals surface area contributed by atoms with Gasteiger partial charge >= 0.3 is 5.97 Å². The van der Waals surface area contributed by atoms with Crippen LogP contribution in [0.25, 0.3) is 0 Å². The molecule has 5 nitrogen and oxygen atoms in total. The number of benzene rings is 1. The molecule has 6 heteroatoms. The number of rotatable bonds is 4. The Bertz CT molecular complexity index is 567. The number of carbonyl (C=O) groups is 2. The van der Waals surface area contributed by atoms with E-state index >= 15 is 0 Å². The summed E-state index contributed by atoms with van der Waals surface area (Å²) in [7, 11) is 0. The lowest BCUT2D eigenvalue weighted by molar-refractivity contribution is -0.165. The van der Waals surface area contributed by atoms with Crippen LogP contribution in [0.5, 0.6) is 0 Å². The second-order valence-electron chi connectivity index (χ2n) is 5.90. The van der Waals surface area contributed by atoms with E-state index in [-0.39, 0.29) is 37.8 Å². The molecule has 2 rings (SSSR count). The quantitative estimate of drug-likeness (QED) is 0.887. The zero-order valence-electron chi connectivity index (χ0n) is 12.5. The topological polar surface area (TPSA) is 77.8 Å². The van der Waals surface area contributed by atoms with Crippen molar-refractivity contribution >= 4 is 23.5 Å². The van der Waals surface area contributed by atoms with Gasteiger partial charge in [-0.25, -0.2) is 4.79 Å². The third-order valence-corrected chi connectivity index (χ3v) is 4.39. The summed E-state index contributed by atoms with van der Waals surface area (Å²) in [4.78, 5) is 25.1. The predicted octanol–water partition coefficient (Wildman–Crippen LogP) is 1.96. The normalized spacial score (nSPS) is 18.8. The molecule has 1 aromatic rings. The van der Waals surface area contributed by atoms with Crippen LogP contribution in [0.3, 0.4) is 0 Å². The molecule has 0 saturated carbocycles. The fourth-order valence-electron chi connectivity index (χ4n) is 2.73. The highest BCUT2D eigenvalue weighted by atomic mass is 35.5. The molecule has 120 valence electrons. The molecule has 1 aliphatic rings. The smallest absolute Gasteiger partial charge is 0.335 e. The van der Waals surface area contributed by atoms with Gasteiger partial charge in [0.05, 0.1) is 0 Å². The van der Waals surface area contributed by atoms with Crippen molar-refractivity contribution in [2.45, 2.75) is 31.8 Å². The standard InChI is InChI=1S/C16H20ClNO4/c1-11(9-12-3-2-4-13(17)10-12)14(19)18-7-5-16(22,6-8-18)15(20)21/h2-4,10-11,22H,5-9H2,1H3,(H,20,21). The van der Waals surface area contributed by atoms with Gasteiger partial charge in [0.1, 0.15) is 0 Å². The van der Waals surface area contributed by atoms with Crippen molar-refractivity contribution in [2.75, 3.05) is 13.1 Å². The molecule has 0 aromatic heterocycles. The van der Waals surface area contributed by atoms with Gasteiger partial charge in [0, 0.05) is 36.9 Å². The molecule has 1 unspecified atom stereocenters. The third kappa shape index (κ3) is 3.78. The summed E-state index contributed by atoms with van der Waals surface area (Å²) in [5.41, 5.74) is -0.708. The molecule has 1 amide bonds. The highest BCUT2D eigenvalue weighted by Gasteiger charge is 2.40. The molecule has 0 bridgehead atoms. The van der Waals surface area contributed by atoms with Crippen LogP contribution in [0.15, 0.2) is 24.3 Å². The number of carboxylic acids is 1. The Hall–Kier alpha value is -1.59. The first-order valence-corrected chi connectivity index (χ1v) is 7.68. The molecule has 1 aliphatic heterocycles. The van der Waals surface area contributed by atoms with Gasteiger partial charge in [0.15, 0.2) is 5.60 Å². The number of likely N-dealkylation sites (tertiary alicyclic amines) is 1. The molecule has 1 heterocycles. The molecule has 1 fully saturated rings. The van der Waals surface area contributed by atoms with E-state index in [1.807, 2.05) is 25.1 Å². The van der Waals surface area contributed by atoms with E-state index in [2.05, 4.69) is 0 Å². The van der Waals surface area contributed by atoms with Crippen LogP contribution in [-0.4, -0.2) is 45.7 Å². The van der Waals surface area contributed by atoms with Gasteiger partial charge < -0.3 is 15.1 Å². The van der Waals surface area contributed by atoms with Gasteiger partial charge in [0.2, 0.25) is 5.91 Å². The molecule has 2 N–H and O–H groups in total. The second kappa shape index (κ2) is 6.67. The molecule has 0 aliphatic carbocycles. The molecule has 1 atom stereocenters. The van der Waals surface area contributed by atoms with Crippen molar-refractivity contribution in [3.05, 3.63) is 34.9 Å². The van der Waals surface area contributed by atoms with Gasteiger partial charge in [-0.15, -0.1) is 0 Å². The first-order chi connectivity index (χ1) is 10.3. The van der Waals surface area contributed by atoms with Gasteiger partial charge in [0.25, 0.3) is 0 Å². The number of halogens is 1. The molecule has 1 saturated heterocycles. The van der Waals surface area contributed by atoms with Gasteiger partial charge in [-0.2, -0.15) is 0 Å².